The van der Waals surface area contributed by atoms with E-state index in [1.54, 1.807) is 6.26 Å². The van der Waals surface area contributed by atoms with Gasteiger partial charge in [0.25, 0.3) is 0 Å². The molecular weight excluding hydrogens is 248 g/mol. The van der Waals surface area contributed by atoms with E-state index in [1.807, 2.05) is 6.07 Å². The van der Waals surface area contributed by atoms with Crippen molar-refractivity contribution in [2.75, 3.05) is 6.54 Å². The molecule has 0 spiro atoms. The van der Waals surface area contributed by atoms with Gasteiger partial charge in [0.05, 0.1) is 6.26 Å². The summed E-state index contributed by atoms with van der Waals surface area (Å²) < 4.78 is 5.41. The molecule has 1 aromatic heterocycles. The van der Waals surface area contributed by atoms with Crippen molar-refractivity contribution >= 4 is 0 Å². The van der Waals surface area contributed by atoms with Gasteiger partial charge in [-0.05, 0) is 50.7 Å². The van der Waals surface area contributed by atoms with Gasteiger partial charge in [0.1, 0.15) is 5.76 Å². The minimum absolute atomic E-state index is 0.479. The summed E-state index contributed by atoms with van der Waals surface area (Å²) >= 11 is 0. The number of piperidine rings is 1. The first-order valence-corrected chi connectivity index (χ1v) is 8.33. The molecule has 1 saturated carbocycles. The SMILES string of the molecule is CC(Cc1ccco1)NCC1CCC2CCCCC2N1. The molecule has 2 aliphatic rings. The van der Waals surface area contributed by atoms with Crippen LogP contribution in [0.15, 0.2) is 22.8 Å². The molecule has 1 aromatic rings. The van der Waals surface area contributed by atoms with Gasteiger partial charge < -0.3 is 15.1 Å². The van der Waals surface area contributed by atoms with Gasteiger partial charge in [-0.25, -0.2) is 0 Å². The van der Waals surface area contributed by atoms with E-state index >= 15 is 0 Å². The Morgan fingerprint density at radius 3 is 3.05 bits per heavy atom. The van der Waals surface area contributed by atoms with Crippen molar-refractivity contribution in [2.45, 2.75) is 70.0 Å². The summed E-state index contributed by atoms with van der Waals surface area (Å²) in [5.41, 5.74) is 0. The van der Waals surface area contributed by atoms with E-state index in [1.165, 1.54) is 38.5 Å². The molecule has 3 heteroatoms. The number of hydrogen-bond acceptors (Lipinski definition) is 3. The molecule has 20 heavy (non-hydrogen) atoms. The molecule has 4 unspecified atom stereocenters. The lowest BCUT2D eigenvalue weighted by Gasteiger charge is -2.40. The average molecular weight is 276 g/mol. The first kappa shape index (κ1) is 14.2. The second-order valence-corrected chi connectivity index (χ2v) is 6.68. The first-order chi connectivity index (χ1) is 9.81. The van der Waals surface area contributed by atoms with Crippen LogP contribution in [0.1, 0.15) is 51.2 Å². The molecule has 0 bridgehead atoms. The molecule has 1 saturated heterocycles. The predicted octanol–water partition coefficient (Wildman–Crippen LogP) is 3.11. The first-order valence-electron chi connectivity index (χ1n) is 8.33. The van der Waals surface area contributed by atoms with Gasteiger partial charge in [0.15, 0.2) is 0 Å². The number of hydrogen-bond donors (Lipinski definition) is 2. The van der Waals surface area contributed by atoms with Crippen LogP contribution in [0.5, 0.6) is 0 Å². The fourth-order valence-electron chi connectivity index (χ4n) is 3.88. The lowest BCUT2D eigenvalue weighted by molar-refractivity contribution is 0.173. The lowest BCUT2D eigenvalue weighted by Crippen LogP contribution is -2.53. The summed E-state index contributed by atoms with van der Waals surface area (Å²) in [6.07, 6.45) is 11.2. The van der Waals surface area contributed by atoms with Crippen molar-refractivity contribution in [1.82, 2.24) is 10.6 Å². The van der Waals surface area contributed by atoms with Crippen LogP contribution >= 0.6 is 0 Å². The highest BCUT2D eigenvalue weighted by molar-refractivity contribution is 5.00. The van der Waals surface area contributed by atoms with Gasteiger partial charge in [-0.3, -0.25) is 0 Å². The topological polar surface area (TPSA) is 37.2 Å². The number of nitrogens with one attached hydrogen (secondary N) is 2. The van der Waals surface area contributed by atoms with Crippen LogP contribution in [-0.4, -0.2) is 24.7 Å². The zero-order chi connectivity index (χ0) is 13.8. The molecule has 3 nitrogen and oxygen atoms in total. The van der Waals surface area contributed by atoms with Crippen molar-refractivity contribution in [1.29, 1.82) is 0 Å². The third kappa shape index (κ3) is 3.64. The Balaban J connectivity index is 1.40. The molecule has 2 N–H and O–H groups in total. The minimum atomic E-state index is 0.479. The van der Waals surface area contributed by atoms with Gasteiger partial charge in [-0.15, -0.1) is 0 Å². The molecule has 1 aliphatic carbocycles. The van der Waals surface area contributed by atoms with E-state index in [4.69, 9.17) is 4.42 Å². The van der Waals surface area contributed by atoms with Gasteiger partial charge in [0, 0.05) is 31.1 Å². The molecule has 1 aliphatic heterocycles. The zero-order valence-corrected chi connectivity index (χ0v) is 12.6. The molecule has 112 valence electrons. The summed E-state index contributed by atoms with van der Waals surface area (Å²) in [4.78, 5) is 0. The Bertz CT molecular complexity index is 390. The highest BCUT2D eigenvalue weighted by Crippen LogP contribution is 2.32. The summed E-state index contributed by atoms with van der Waals surface area (Å²) in [6.45, 7) is 3.33. The molecule has 2 fully saturated rings. The van der Waals surface area contributed by atoms with Crippen LogP contribution in [0, 0.1) is 5.92 Å². The van der Waals surface area contributed by atoms with Crippen LogP contribution in [-0.2, 0) is 6.42 Å². The van der Waals surface area contributed by atoms with E-state index in [0.29, 0.717) is 12.1 Å². The van der Waals surface area contributed by atoms with Gasteiger partial charge in [-0.2, -0.15) is 0 Å². The van der Waals surface area contributed by atoms with Crippen molar-refractivity contribution in [3.8, 4) is 0 Å². The predicted molar refractivity (Wildman–Crippen MR) is 81.8 cm³/mol. The van der Waals surface area contributed by atoms with Gasteiger partial charge in [-0.1, -0.05) is 12.8 Å². The summed E-state index contributed by atoms with van der Waals surface area (Å²) in [5, 5.41) is 7.55. The molecule has 0 amide bonds. The van der Waals surface area contributed by atoms with E-state index in [9.17, 15) is 0 Å². The maximum Gasteiger partial charge on any atom is 0.105 e. The standard InChI is InChI=1S/C17H28N2O/c1-13(11-16-6-4-10-20-16)18-12-15-9-8-14-5-2-3-7-17(14)19-15/h4,6,10,13-15,17-19H,2-3,5,7-9,11-12H2,1H3. The van der Waals surface area contributed by atoms with E-state index in [2.05, 4.69) is 23.6 Å². The Kier molecular flexibility index (Phi) is 4.79. The zero-order valence-electron chi connectivity index (χ0n) is 12.6. The number of rotatable bonds is 5. The lowest BCUT2D eigenvalue weighted by atomic mass is 9.78. The van der Waals surface area contributed by atoms with E-state index in [0.717, 1.165) is 30.7 Å². The van der Waals surface area contributed by atoms with Crippen LogP contribution in [0.4, 0.5) is 0 Å². The van der Waals surface area contributed by atoms with Crippen molar-refractivity contribution in [3.63, 3.8) is 0 Å². The highest BCUT2D eigenvalue weighted by atomic mass is 16.3. The van der Waals surface area contributed by atoms with Crippen molar-refractivity contribution < 1.29 is 4.42 Å². The molecular formula is C17H28N2O. The largest absolute Gasteiger partial charge is 0.469 e. The second kappa shape index (κ2) is 6.77. The Labute approximate surface area is 122 Å². The Morgan fingerprint density at radius 2 is 2.20 bits per heavy atom. The normalized spacial score (nSPS) is 31.8. The minimum Gasteiger partial charge on any atom is -0.469 e. The smallest absolute Gasteiger partial charge is 0.105 e. The summed E-state index contributed by atoms with van der Waals surface area (Å²) in [6, 6.07) is 5.96. The maximum absolute atomic E-state index is 5.41. The van der Waals surface area contributed by atoms with Crippen LogP contribution in [0.2, 0.25) is 0 Å². The van der Waals surface area contributed by atoms with Crippen molar-refractivity contribution in [3.05, 3.63) is 24.2 Å². The number of fused-ring (bicyclic) bond motifs is 1. The number of furan rings is 1. The quantitative estimate of drug-likeness (QED) is 0.867. The molecule has 4 atom stereocenters. The van der Waals surface area contributed by atoms with E-state index < -0.39 is 0 Å². The summed E-state index contributed by atoms with van der Waals surface area (Å²) in [7, 11) is 0. The van der Waals surface area contributed by atoms with Crippen molar-refractivity contribution in [2.24, 2.45) is 5.92 Å². The highest BCUT2D eigenvalue weighted by Gasteiger charge is 2.31. The fraction of sp³-hybridized carbons (Fsp3) is 0.765. The second-order valence-electron chi connectivity index (χ2n) is 6.68. The monoisotopic (exact) mass is 276 g/mol. The third-order valence-corrected chi connectivity index (χ3v) is 5.04. The van der Waals surface area contributed by atoms with Gasteiger partial charge >= 0.3 is 0 Å². The summed E-state index contributed by atoms with van der Waals surface area (Å²) in [5.74, 6) is 2.04. The molecule has 3 rings (SSSR count). The Morgan fingerprint density at radius 1 is 1.30 bits per heavy atom. The Hall–Kier alpha value is -0.800. The fourth-order valence-corrected chi connectivity index (χ4v) is 3.88. The van der Waals surface area contributed by atoms with Crippen LogP contribution < -0.4 is 10.6 Å². The molecule has 0 aromatic carbocycles. The van der Waals surface area contributed by atoms with Crippen LogP contribution in [0.3, 0.4) is 0 Å². The average Bonchev–Trinajstić information content (AvgIpc) is 2.98. The molecule has 0 radical (unpaired) electrons. The third-order valence-electron chi connectivity index (χ3n) is 5.04. The van der Waals surface area contributed by atoms with Gasteiger partial charge in [0.2, 0.25) is 0 Å². The van der Waals surface area contributed by atoms with Crippen LogP contribution in [0.25, 0.3) is 0 Å². The van der Waals surface area contributed by atoms with E-state index in [-0.39, 0.29) is 0 Å². The maximum atomic E-state index is 5.41. The molecule has 2 heterocycles.